The number of nitrogens with zero attached hydrogens (tertiary/aromatic N) is 5. The Morgan fingerprint density at radius 3 is 2.74 bits per heavy atom. The third kappa shape index (κ3) is 4.39. The van der Waals surface area contributed by atoms with Crippen molar-refractivity contribution in [3.05, 3.63) is 53.2 Å². The van der Waals surface area contributed by atoms with Crippen molar-refractivity contribution in [2.75, 3.05) is 11.1 Å². The third-order valence-electron chi connectivity index (χ3n) is 4.53. The van der Waals surface area contributed by atoms with Crippen molar-refractivity contribution in [1.29, 1.82) is 0 Å². The zero-order chi connectivity index (χ0) is 22.2. The number of carbonyl (C=O) groups is 1. The Bertz CT molecular complexity index is 1250. The van der Waals surface area contributed by atoms with Crippen molar-refractivity contribution in [3.63, 3.8) is 0 Å². The van der Waals surface area contributed by atoms with Crippen LogP contribution in [0.5, 0.6) is 0 Å². The number of halogens is 3. The van der Waals surface area contributed by atoms with E-state index in [0.29, 0.717) is 5.03 Å². The number of aromatic nitrogens is 5. The Morgan fingerprint density at radius 1 is 1.23 bits per heavy atom. The minimum Gasteiger partial charge on any atom is -0.323 e. The Morgan fingerprint density at radius 2 is 2.03 bits per heavy atom. The number of hydrogen-bond acceptors (Lipinski definition) is 7. The van der Waals surface area contributed by atoms with Crippen molar-refractivity contribution in [1.82, 2.24) is 24.7 Å². The highest BCUT2D eigenvalue weighted by Gasteiger charge is 2.31. The van der Waals surface area contributed by atoms with Crippen LogP contribution in [-0.4, -0.2) is 36.4 Å². The number of aryl methyl sites for hydroxylation is 2. The van der Waals surface area contributed by atoms with Gasteiger partial charge in [-0.1, -0.05) is 11.8 Å². The number of thiophene rings is 1. The van der Waals surface area contributed by atoms with Gasteiger partial charge in [0.15, 0.2) is 0 Å². The molecule has 0 aliphatic carbocycles. The van der Waals surface area contributed by atoms with E-state index in [4.69, 9.17) is 0 Å². The Hall–Kier alpha value is -2.99. The molecule has 4 rings (SSSR count). The molecule has 3 heterocycles. The summed E-state index contributed by atoms with van der Waals surface area (Å²) >= 11 is 2.75. The van der Waals surface area contributed by atoms with Crippen LogP contribution in [0.25, 0.3) is 15.9 Å². The molecule has 0 spiro atoms. The van der Waals surface area contributed by atoms with Crippen LogP contribution in [0.2, 0.25) is 0 Å². The number of benzene rings is 1. The lowest BCUT2D eigenvalue weighted by Gasteiger charge is -2.14. The first-order valence-corrected chi connectivity index (χ1v) is 10.7. The summed E-state index contributed by atoms with van der Waals surface area (Å²) < 4.78 is 40.8. The molecule has 0 atom stereocenters. The van der Waals surface area contributed by atoms with Crippen LogP contribution in [0.15, 0.2) is 42.2 Å². The fraction of sp³-hybridized carbons (Fsp3) is 0.211. The maximum absolute atomic E-state index is 13.2. The van der Waals surface area contributed by atoms with Gasteiger partial charge < -0.3 is 5.32 Å². The molecule has 3 aromatic heterocycles. The fourth-order valence-electron chi connectivity index (χ4n) is 2.92. The van der Waals surface area contributed by atoms with Gasteiger partial charge in [0.1, 0.15) is 28.8 Å². The lowest BCUT2D eigenvalue weighted by molar-refractivity contribution is -0.137. The fourth-order valence-corrected chi connectivity index (χ4v) is 4.84. The summed E-state index contributed by atoms with van der Waals surface area (Å²) in [5, 5.41) is 8.05. The minimum atomic E-state index is -4.55. The molecule has 1 aromatic carbocycles. The van der Waals surface area contributed by atoms with Crippen LogP contribution >= 0.6 is 23.1 Å². The summed E-state index contributed by atoms with van der Waals surface area (Å²) in [6.07, 6.45) is -0.513. The molecule has 160 valence electrons. The number of amides is 1. The topological polar surface area (TPSA) is 85.6 Å². The molecule has 12 heteroatoms. The molecule has 0 saturated heterocycles. The molecule has 0 fully saturated rings. The zero-order valence-electron chi connectivity index (χ0n) is 16.3. The molecular weight excluding hydrogens is 449 g/mol. The monoisotopic (exact) mass is 464 g/mol. The van der Waals surface area contributed by atoms with Crippen molar-refractivity contribution in [2.45, 2.75) is 25.0 Å². The second kappa shape index (κ2) is 8.27. The van der Waals surface area contributed by atoms with Gasteiger partial charge in [-0.15, -0.1) is 11.3 Å². The SMILES string of the molecule is Cc1sc2ncnc(SCC(=O)Nc3cc(C(F)(F)F)ccc3-n3cncn3)c2c1C. The predicted octanol–water partition coefficient (Wildman–Crippen LogP) is 4.64. The summed E-state index contributed by atoms with van der Waals surface area (Å²) in [6, 6.07) is 3.06. The summed E-state index contributed by atoms with van der Waals surface area (Å²) in [7, 11) is 0. The molecule has 0 radical (unpaired) electrons. The van der Waals surface area contributed by atoms with E-state index in [2.05, 4.69) is 25.4 Å². The number of fused-ring (bicyclic) bond motifs is 1. The Balaban J connectivity index is 1.57. The first-order chi connectivity index (χ1) is 14.7. The molecule has 31 heavy (non-hydrogen) atoms. The molecule has 0 aliphatic heterocycles. The largest absolute Gasteiger partial charge is 0.416 e. The Kier molecular flexibility index (Phi) is 5.67. The second-order valence-corrected chi connectivity index (χ2v) is 8.72. The lowest BCUT2D eigenvalue weighted by Crippen LogP contribution is -2.17. The molecule has 1 N–H and O–H groups in total. The molecule has 4 aromatic rings. The second-order valence-electron chi connectivity index (χ2n) is 6.55. The number of alkyl halides is 3. The number of nitrogens with one attached hydrogen (secondary N) is 1. The average molecular weight is 464 g/mol. The predicted molar refractivity (Wildman–Crippen MR) is 113 cm³/mol. The first-order valence-electron chi connectivity index (χ1n) is 8.93. The highest BCUT2D eigenvalue weighted by atomic mass is 32.2. The van der Waals surface area contributed by atoms with Gasteiger partial charge in [0.2, 0.25) is 5.91 Å². The van der Waals surface area contributed by atoms with Crippen LogP contribution in [0.4, 0.5) is 18.9 Å². The summed E-state index contributed by atoms with van der Waals surface area (Å²) in [4.78, 5) is 26.9. The van der Waals surface area contributed by atoms with Gasteiger partial charge in [-0.2, -0.15) is 18.3 Å². The van der Waals surface area contributed by atoms with Gasteiger partial charge >= 0.3 is 6.18 Å². The molecular formula is C19H15F3N6OS2. The van der Waals surface area contributed by atoms with Crippen LogP contribution in [0, 0.1) is 13.8 Å². The Labute approximate surface area is 182 Å². The van der Waals surface area contributed by atoms with Crippen LogP contribution in [0.3, 0.4) is 0 Å². The van der Waals surface area contributed by atoms with Crippen molar-refractivity contribution in [2.24, 2.45) is 0 Å². The van der Waals surface area contributed by atoms with E-state index in [1.807, 2.05) is 13.8 Å². The van der Waals surface area contributed by atoms with Gasteiger partial charge in [0.05, 0.1) is 22.7 Å². The molecule has 1 amide bonds. The molecule has 0 bridgehead atoms. The molecule has 0 aliphatic rings. The maximum Gasteiger partial charge on any atom is 0.416 e. The highest BCUT2D eigenvalue weighted by molar-refractivity contribution is 8.00. The summed E-state index contributed by atoms with van der Waals surface area (Å²) in [5.41, 5.74) is 0.440. The van der Waals surface area contributed by atoms with Gasteiger partial charge in [-0.25, -0.2) is 19.6 Å². The number of rotatable bonds is 5. The van der Waals surface area contributed by atoms with Gasteiger partial charge in [0, 0.05) is 10.3 Å². The molecule has 0 saturated carbocycles. The number of carbonyl (C=O) groups excluding carboxylic acids is 1. The smallest absolute Gasteiger partial charge is 0.323 e. The van der Waals surface area contributed by atoms with Gasteiger partial charge in [-0.3, -0.25) is 4.79 Å². The van der Waals surface area contributed by atoms with E-state index in [0.717, 1.165) is 32.8 Å². The van der Waals surface area contributed by atoms with E-state index < -0.39 is 17.6 Å². The highest BCUT2D eigenvalue weighted by Crippen LogP contribution is 2.35. The van der Waals surface area contributed by atoms with E-state index in [1.165, 1.54) is 41.5 Å². The summed E-state index contributed by atoms with van der Waals surface area (Å²) in [5.74, 6) is -0.505. The van der Waals surface area contributed by atoms with Crippen molar-refractivity contribution >= 4 is 44.9 Å². The minimum absolute atomic E-state index is 0.0127. The maximum atomic E-state index is 13.2. The van der Waals surface area contributed by atoms with E-state index in [1.54, 1.807) is 11.3 Å². The van der Waals surface area contributed by atoms with Crippen LogP contribution in [0.1, 0.15) is 16.0 Å². The lowest BCUT2D eigenvalue weighted by atomic mass is 10.1. The zero-order valence-corrected chi connectivity index (χ0v) is 17.9. The molecule has 0 unspecified atom stereocenters. The van der Waals surface area contributed by atoms with Crippen LogP contribution < -0.4 is 5.32 Å². The van der Waals surface area contributed by atoms with E-state index >= 15 is 0 Å². The van der Waals surface area contributed by atoms with Crippen molar-refractivity contribution in [3.8, 4) is 5.69 Å². The molecule has 7 nitrogen and oxygen atoms in total. The first kappa shape index (κ1) is 21.2. The number of thioether (sulfide) groups is 1. The van der Waals surface area contributed by atoms with E-state index in [9.17, 15) is 18.0 Å². The third-order valence-corrected chi connectivity index (χ3v) is 6.64. The average Bonchev–Trinajstić information content (AvgIpc) is 3.35. The standard InChI is InChI=1S/C19H15F3N6OS2/c1-10-11(2)31-18-16(10)17(24-8-25-18)30-6-15(29)27-13-5-12(19(20,21)22)3-4-14(13)28-9-23-7-26-28/h3-5,7-9H,6H2,1-2H3,(H,27,29). The van der Waals surface area contributed by atoms with Crippen molar-refractivity contribution < 1.29 is 18.0 Å². The number of hydrogen-bond donors (Lipinski definition) is 1. The van der Waals surface area contributed by atoms with Gasteiger partial charge in [-0.05, 0) is 37.6 Å². The van der Waals surface area contributed by atoms with Gasteiger partial charge in [0.25, 0.3) is 0 Å². The summed E-state index contributed by atoms with van der Waals surface area (Å²) in [6.45, 7) is 3.96. The quantitative estimate of drug-likeness (QED) is 0.342. The van der Waals surface area contributed by atoms with Crippen LogP contribution in [-0.2, 0) is 11.0 Å². The number of anilines is 1. The van der Waals surface area contributed by atoms with E-state index in [-0.39, 0.29) is 17.1 Å². The normalized spacial score (nSPS) is 11.8.